The molecule has 5 heteroatoms. The summed E-state index contributed by atoms with van der Waals surface area (Å²) in [5.74, 6) is 0. The van der Waals surface area contributed by atoms with Crippen molar-refractivity contribution in [1.82, 2.24) is 4.31 Å². The van der Waals surface area contributed by atoms with Crippen LogP contribution in [-0.2, 0) is 10.0 Å². The van der Waals surface area contributed by atoms with Gasteiger partial charge in [-0.25, -0.2) is 8.42 Å². The third kappa shape index (κ3) is 3.31. The van der Waals surface area contributed by atoms with E-state index in [1.54, 1.807) is 6.07 Å². The maximum Gasteiger partial charge on any atom is 0.243 e. The van der Waals surface area contributed by atoms with Crippen LogP contribution in [0, 0.1) is 13.8 Å². The molecule has 0 amide bonds. The minimum atomic E-state index is -3.39. The van der Waals surface area contributed by atoms with Gasteiger partial charge in [0, 0.05) is 13.1 Å². The van der Waals surface area contributed by atoms with Gasteiger partial charge in [-0.2, -0.15) is 4.31 Å². The molecule has 2 N–H and O–H groups in total. The zero-order valence-electron chi connectivity index (χ0n) is 11.3. The Kier molecular flexibility index (Phi) is 5.31. The van der Waals surface area contributed by atoms with E-state index in [4.69, 9.17) is 5.73 Å². The summed E-state index contributed by atoms with van der Waals surface area (Å²) in [5, 5.41) is 0. The molecule has 0 aromatic heterocycles. The van der Waals surface area contributed by atoms with Crippen LogP contribution in [0.4, 0.5) is 0 Å². The van der Waals surface area contributed by atoms with Crippen molar-refractivity contribution in [3.8, 4) is 0 Å². The number of nitrogens with zero attached hydrogens (tertiary/aromatic N) is 1. The smallest absolute Gasteiger partial charge is 0.243 e. The van der Waals surface area contributed by atoms with Crippen molar-refractivity contribution < 1.29 is 8.42 Å². The zero-order valence-corrected chi connectivity index (χ0v) is 12.1. The van der Waals surface area contributed by atoms with Crippen molar-refractivity contribution in [2.45, 2.75) is 32.1 Å². The fraction of sp³-hybridized carbons (Fsp3) is 0.538. The standard InChI is InChI=1S/C13H22N2O2S/c1-4-15(9-5-8-14)18(16,17)13-7-6-11(2)10-12(13)3/h6-7,10H,4-5,8-9,14H2,1-3H3. The first-order chi connectivity index (χ1) is 8.43. The van der Waals surface area contributed by atoms with Crippen LogP contribution in [0.2, 0.25) is 0 Å². The lowest BCUT2D eigenvalue weighted by Crippen LogP contribution is -2.33. The molecule has 102 valence electrons. The molecular weight excluding hydrogens is 248 g/mol. The molecule has 0 saturated heterocycles. The van der Waals surface area contributed by atoms with Crippen LogP contribution in [0.15, 0.2) is 23.1 Å². The minimum Gasteiger partial charge on any atom is -0.330 e. The Labute approximate surface area is 110 Å². The fourth-order valence-electron chi connectivity index (χ4n) is 1.94. The third-order valence-electron chi connectivity index (χ3n) is 2.91. The van der Waals surface area contributed by atoms with Crippen LogP contribution < -0.4 is 5.73 Å². The largest absolute Gasteiger partial charge is 0.330 e. The molecule has 0 spiro atoms. The van der Waals surface area contributed by atoms with Gasteiger partial charge in [-0.05, 0) is 38.4 Å². The lowest BCUT2D eigenvalue weighted by Gasteiger charge is -2.21. The summed E-state index contributed by atoms with van der Waals surface area (Å²) in [6, 6.07) is 5.41. The number of nitrogens with two attached hydrogens (primary N) is 1. The van der Waals surface area contributed by atoms with Crippen LogP contribution in [0.3, 0.4) is 0 Å². The molecule has 0 aliphatic carbocycles. The SMILES string of the molecule is CCN(CCCN)S(=O)(=O)c1ccc(C)cc1C. The Bertz CT molecular complexity index is 498. The minimum absolute atomic E-state index is 0.395. The van der Waals surface area contributed by atoms with Crippen molar-refractivity contribution >= 4 is 10.0 Å². The monoisotopic (exact) mass is 270 g/mol. The summed E-state index contributed by atoms with van der Waals surface area (Å²) in [6.45, 7) is 7.07. The van der Waals surface area contributed by atoms with Crippen LogP contribution in [0.5, 0.6) is 0 Å². The summed E-state index contributed by atoms with van der Waals surface area (Å²) in [6.07, 6.45) is 0.679. The average molecular weight is 270 g/mol. The molecule has 0 bridgehead atoms. The van der Waals surface area contributed by atoms with Crippen molar-refractivity contribution in [3.63, 3.8) is 0 Å². The van der Waals surface area contributed by atoms with Crippen LogP contribution in [-0.4, -0.2) is 32.4 Å². The van der Waals surface area contributed by atoms with E-state index < -0.39 is 10.0 Å². The quantitative estimate of drug-likeness (QED) is 0.855. The van der Waals surface area contributed by atoms with E-state index in [1.807, 2.05) is 32.9 Å². The second-order valence-corrected chi connectivity index (χ2v) is 6.31. The molecule has 0 aliphatic heterocycles. The molecule has 1 rings (SSSR count). The Morgan fingerprint density at radius 3 is 2.44 bits per heavy atom. The topological polar surface area (TPSA) is 63.4 Å². The predicted octanol–water partition coefficient (Wildman–Crippen LogP) is 1.66. The van der Waals surface area contributed by atoms with Crippen molar-refractivity contribution in [3.05, 3.63) is 29.3 Å². The normalized spacial score (nSPS) is 12.1. The first-order valence-electron chi connectivity index (χ1n) is 6.21. The summed E-state index contributed by atoms with van der Waals surface area (Å²) >= 11 is 0. The maximum absolute atomic E-state index is 12.5. The summed E-state index contributed by atoms with van der Waals surface area (Å²) in [5.41, 5.74) is 7.30. The van der Waals surface area contributed by atoms with E-state index in [-0.39, 0.29) is 0 Å². The van der Waals surface area contributed by atoms with Gasteiger partial charge >= 0.3 is 0 Å². The van der Waals surface area contributed by atoms with E-state index in [2.05, 4.69) is 0 Å². The number of hydrogen-bond acceptors (Lipinski definition) is 3. The Balaban J connectivity index is 3.10. The zero-order chi connectivity index (χ0) is 13.8. The number of aryl methyl sites for hydroxylation is 2. The van der Waals surface area contributed by atoms with E-state index in [0.29, 0.717) is 31.0 Å². The average Bonchev–Trinajstić information content (AvgIpc) is 2.29. The van der Waals surface area contributed by atoms with Gasteiger partial charge < -0.3 is 5.73 Å². The van der Waals surface area contributed by atoms with E-state index in [0.717, 1.165) is 11.1 Å². The van der Waals surface area contributed by atoms with Crippen molar-refractivity contribution in [2.24, 2.45) is 5.73 Å². The Hall–Kier alpha value is -0.910. The molecule has 1 aromatic carbocycles. The first-order valence-corrected chi connectivity index (χ1v) is 7.65. The predicted molar refractivity (Wildman–Crippen MR) is 74.0 cm³/mol. The Morgan fingerprint density at radius 2 is 1.94 bits per heavy atom. The van der Waals surface area contributed by atoms with Gasteiger partial charge in [0.05, 0.1) is 4.90 Å². The molecule has 0 radical (unpaired) electrons. The molecule has 0 atom stereocenters. The van der Waals surface area contributed by atoms with Gasteiger partial charge in [0.1, 0.15) is 0 Å². The molecule has 0 saturated carbocycles. The summed E-state index contributed by atoms with van der Waals surface area (Å²) in [4.78, 5) is 0.395. The van der Waals surface area contributed by atoms with E-state index in [1.165, 1.54) is 4.31 Å². The van der Waals surface area contributed by atoms with E-state index in [9.17, 15) is 8.42 Å². The summed E-state index contributed by atoms with van der Waals surface area (Å²) in [7, 11) is -3.39. The van der Waals surface area contributed by atoms with E-state index >= 15 is 0 Å². The molecule has 0 heterocycles. The van der Waals surface area contributed by atoms with Crippen molar-refractivity contribution in [1.29, 1.82) is 0 Å². The summed E-state index contributed by atoms with van der Waals surface area (Å²) < 4.78 is 26.5. The first kappa shape index (κ1) is 15.1. The number of rotatable bonds is 6. The molecule has 4 nitrogen and oxygen atoms in total. The second-order valence-electron chi connectivity index (χ2n) is 4.41. The van der Waals surface area contributed by atoms with Crippen LogP contribution in [0.1, 0.15) is 24.5 Å². The lowest BCUT2D eigenvalue weighted by atomic mass is 10.2. The van der Waals surface area contributed by atoms with Gasteiger partial charge in [0.15, 0.2) is 0 Å². The highest BCUT2D eigenvalue weighted by molar-refractivity contribution is 7.89. The number of benzene rings is 1. The third-order valence-corrected chi connectivity index (χ3v) is 5.05. The van der Waals surface area contributed by atoms with Gasteiger partial charge in [0.2, 0.25) is 10.0 Å². The maximum atomic E-state index is 12.5. The highest BCUT2D eigenvalue weighted by Gasteiger charge is 2.23. The molecule has 0 aliphatic rings. The van der Waals surface area contributed by atoms with Gasteiger partial charge in [-0.15, -0.1) is 0 Å². The Morgan fingerprint density at radius 1 is 1.28 bits per heavy atom. The number of hydrogen-bond donors (Lipinski definition) is 1. The highest BCUT2D eigenvalue weighted by atomic mass is 32.2. The molecular formula is C13H22N2O2S. The highest BCUT2D eigenvalue weighted by Crippen LogP contribution is 2.20. The second kappa shape index (κ2) is 6.31. The molecule has 0 unspecified atom stereocenters. The lowest BCUT2D eigenvalue weighted by molar-refractivity contribution is 0.422. The van der Waals surface area contributed by atoms with Gasteiger partial charge in [-0.3, -0.25) is 0 Å². The van der Waals surface area contributed by atoms with Crippen molar-refractivity contribution in [2.75, 3.05) is 19.6 Å². The van der Waals surface area contributed by atoms with Gasteiger partial charge in [-0.1, -0.05) is 24.6 Å². The van der Waals surface area contributed by atoms with Gasteiger partial charge in [0.25, 0.3) is 0 Å². The molecule has 1 aromatic rings. The molecule has 18 heavy (non-hydrogen) atoms. The number of sulfonamides is 1. The van der Waals surface area contributed by atoms with Crippen LogP contribution in [0.25, 0.3) is 0 Å². The fourth-order valence-corrected chi connectivity index (χ4v) is 3.64. The molecule has 0 fully saturated rings. The van der Waals surface area contributed by atoms with Crippen LogP contribution >= 0.6 is 0 Å².